The second-order valence-electron chi connectivity index (χ2n) is 4.97. The van der Waals surface area contributed by atoms with E-state index in [1.165, 1.54) is 12.8 Å². The molecule has 0 aromatic heterocycles. The second kappa shape index (κ2) is 5.63. The summed E-state index contributed by atoms with van der Waals surface area (Å²) in [4.78, 5) is 2.32. The van der Waals surface area contributed by atoms with E-state index in [2.05, 4.69) is 11.8 Å². The van der Waals surface area contributed by atoms with Crippen LogP contribution in [0.15, 0.2) is 18.2 Å². The number of anilines is 1. The molecule has 1 saturated heterocycles. The monoisotopic (exact) mass is 249 g/mol. The maximum absolute atomic E-state index is 9.23. The smallest absolute Gasteiger partial charge is 0.492 e. The first kappa shape index (κ1) is 13.2. The highest BCUT2D eigenvalue weighted by Gasteiger charge is 2.20. The third-order valence-electron chi connectivity index (χ3n) is 3.64. The van der Waals surface area contributed by atoms with Crippen molar-refractivity contribution in [3.63, 3.8) is 0 Å². The summed E-state index contributed by atoms with van der Waals surface area (Å²) in [5.41, 5.74) is 1.50. The van der Waals surface area contributed by atoms with Gasteiger partial charge in [0.15, 0.2) is 0 Å². The van der Waals surface area contributed by atoms with Gasteiger partial charge in [0.25, 0.3) is 0 Å². The molecule has 0 spiro atoms. The lowest BCUT2D eigenvalue weighted by Crippen LogP contribution is -2.34. The summed E-state index contributed by atoms with van der Waals surface area (Å²) in [5.74, 6) is 1.32. The molecule has 1 aliphatic rings. The van der Waals surface area contributed by atoms with E-state index in [1.54, 1.807) is 13.2 Å². The average molecular weight is 249 g/mol. The maximum Gasteiger partial charge on any atom is 0.492 e. The molecule has 0 amide bonds. The van der Waals surface area contributed by atoms with Crippen LogP contribution in [0.4, 0.5) is 5.69 Å². The number of ether oxygens (including phenoxy) is 1. The van der Waals surface area contributed by atoms with Crippen LogP contribution < -0.4 is 15.1 Å². The Hall–Kier alpha value is -1.20. The Bertz CT molecular complexity index is 403. The summed E-state index contributed by atoms with van der Waals surface area (Å²) in [6, 6.07) is 5.52. The minimum Gasteiger partial charge on any atom is -0.497 e. The quantitative estimate of drug-likeness (QED) is 0.771. The maximum atomic E-state index is 9.23. The highest BCUT2D eigenvalue weighted by atomic mass is 16.5. The summed E-state index contributed by atoms with van der Waals surface area (Å²) in [6.07, 6.45) is 2.40. The molecule has 18 heavy (non-hydrogen) atoms. The van der Waals surface area contributed by atoms with Gasteiger partial charge in [0, 0.05) is 30.3 Å². The Kier molecular flexibility index (Phi) is 4.14. The van der Waals surface area contributed by atoms with E-state index in [0.717, 1.165) is 24.7 Å². The summed E-state index contributed by atoms with van der Waals surface area (Å²) < 4.78 is 5.21. The number of hydrogen-bond donors (Lipinski definition) is 2. The molecule has 0 bridgehead atoms. The van der Waals surface area contributed by atoms with E-state index >= 15 is 0 Å². The topological polar surface area (TPSA) is 52.9 Å². The van der Waals surface area contributed by atoms with Gasteiger partial charge in [0.05, 0.1) is 7.11 Å². The van der Waals surface area contributed by atoms with Crippen molar-refractivity contribution in [2.45, 2.75) is 19.8 Å². The fraction of sp³-hybridized carbons (Fsp3) is 0.538. The molecular formula is C13H20BNO3. The average Bonchev–Trinajstić information content (AvgIpc) is 2.38. The van der Waals surface area contributed by atoms with Crippen molar-refractivity contribution in [2.75, 3.05) is 25.1 Å². The van der Waals surface area contributed by atoms with Crippen LogP contribution in [0.1, 0.15) is 19.8 Å². The predicted molar refractivity (Wildman–Crippen MR) is 73.4 cm³/mol. The minimum atomic E-state index is -1.49. The summed E-state index contributed by atoms with van der Waals surface area (Å²) in [6.45, 7) is 4.37. The fourth-order valence-corrected chi connectivity index (χ4v) is 2.38. The van der Waals surface area contributed by atoms with Gasteiger partial charge in [0.1, 0.15) is 5.75 Å². The molecule has 1 aliphatic heterocycles. The van der Waals surface area contributed by atoms with Gasteiger partial charge < -0.3 is 19.7 Å². The van der Waals surface area contributed by atoms with E-state index in [4.69, 9.17) is 4.74 Å². The lowest BCUT2D eigenvalue weighted by molar-refractivity contribution is 0.402. The number of piperidine rings is 1. The molecule has 0 radical (unpaired) electrons. The number of rotatable bonds is 3. The van der Waals surface area contributed by atoms with Crippen LogP contribution in [0.25, 0.3) is 0 Å². The van der Waals surface area contributed by atoms with Crippen molar-refractivity contribution >= 4 is 18.3 Å². The molecule has 1 fully saturated rings. The van der Waals surface area contributed by atoms with Crippen molar-refractivity contribution < 1.29 is 14.8 Å². The van der Waals surface area contributed by atoms with Gasteiger partial charge >= 0.3 is 7.12 Å². The van der Waals surface area contributed by atoms with E-state index in [1.807, 2.05) is 12.1 Å². The highest BCUT2D eigenvalue weighted by molar-refractivity contribution is 6.59. The van der Waals surface area contributed by atoms with Crippen molar-refractivity contribution in [1.82, 2.24) is 0 Å². The zero-order valence-corrected chi connectivity index (χ0v) is 11.0. The van der Waals surface area contributed by atoms with Crippen LogP contribution in [-0.4, -0.2) is 37.4 Å². The molecule has 0 aliphatic carbocycles. The normalized spacial score (nSPS) is 16.8. The molecule has 0 unspecified atom stereocenters. The molecule has 1 aromatic carbocycles. The summed E-state index contributed by atoms with van der Waals surface area (Å²) in [7, 11) is 0.0545. The van der Waals surface area contributed by atoms with Crippen LogP contribution in [0.2, 0.25) is 0 Å². The van der Waals surface area contributed by atoms with E-state index < -0.39 is 7.12 Å². The van der Waals surface area contributed by atoms with Gasteiger partial charge in [-0.3, -0.25) is 0 Å². The Labute approximate surface area is 108 Å². The molecule has 0 saturated carbocycles. The highest BCUT2D eigenvalue weighted by Crippen LogP contribution is 2.25. The molecule has 1 heterocycles. The molecule has 2 N–H and O–H groups in total. The van der Waals surface area contributed by atoms with Crippen LogP contribution in [0.3, 0.4) is 0 Å². The lowest BCUT2D eigenvalue weighted by atomic mass is 9.79. The van der Waals surface area contributed by atoms with Crippen molar-refractivity contribution in [3.05, 3.63) is 18.2 Å². The van der Waals surface area contributed by atoms with E-state index in [9.17, 15) is 10.0 Å². The summed E-state index contributed by atoms with van der Waals surface area (Å²) in [5, 5.41) is 18.5. The lowest BCUT2D eigenvalue weighted by Gasteiger charge is -2.32. The van der Waals surface area contributed by atoms with Crippen LogP contribution in [0.5, 0.6) is 5.75 Å². The first-order valence-electron chi connectivity index (χ1n) is 6.41. The molecule has 2 rings (SSSR count). The molecule has 0 atom stereocenters. The van der Waals surface area contributed by atoms with Crippen LogP contribution in [-0.2, 0) is 0 Å². The van der Waals surface area contributed by atoms with Gasteiger partial charge in [-0.2, -0.15) is 0 Å². The zero-order chi connectivity index (χ0) is 13.1. The third-order valence-corrected chi connectivity index (χ3v) is 3.64. The molecule has 98 valence electrons. The Balaban J connectivity index is 2.19. The SMILES string of the molecule is COc1cc(N2CCC(C)CC2)ccc1B(O)O. The van der Waals surface area contributed by atoms with Crippen molar-refractivity contribution in [1.29, 1.82) is 0 Å². The minimum absolute atomic E-state index is 0.409. The predicted octanol–water partition coefficient (Wildman–Crippen LogP) is 0.611. The number of hydrogen-bond acceptors (Lipinski definition) is 4. The fourth-order valence-electron chi connectivity index (χ4n) is 2.38. The Morgan fingerprint density at radius 3 is 2.50 bits per heavy atom. The Morgan fingerprint density at radius 2 is 1.94 bits per heavy atom. The standard InChI is InChI=1S/C13H20BNO3/c1-10-5-7-15(8-6-10)11-3-4-12(14(16)17)13(9-11)18-2/h3-4,9-10,16-17H,5-8H2,1-2H3. The molecule has 5 heteroatoms. The van der Waals surface area contributed by atoms with Gasteiger partial charge in [-0.05, 0) is 24.8 Å². The van der Waals surface area contributed by atoms with Gasteiger partial charge in [-0.25, -0.2) is 0 Å². The first-order valence-corrected chi connectivity index (χ1v) is 6.41. The number of benzene rings is 1. The van der Waals surface area contributed by atoms with Crippen LogP contribution in [0, 0.1) is 5.92 Å². The third kappa shape index (κ3) is 2.79. The largest absolute Gasteiger partial charge is 0.497 e. The number of nitrogens with zero attached hydrogens (tertiary/aromatic N) is 1. The Morgan fingerprint density at radius 1 is 1.28 bits per heavy atom. The first-order chi connectivity index (χ1) is 8.61. The van der Waals surface area contributed by atoms with E-state index in [-0.39, 0.29) is 0 Å². The molecule has 1 aromatic rings. The number of methoxy groups -OCH3 is 1. The summed E-state index contributed by atoms with van der Waals surface area (Å²) >= 11 is 0. The van der Waals surface area contributed by atoms with Gasteiger partial charge in [-0.1, -0.05) is 13.0 Å². The van der Waals surface area contributed by atoms with E-state index in [0.29, 0.717) is 11.2 Å². The van der Waals surface area contributed by atoms with Gasteiger partial charge in [0.2, 0.25) is 0 Å². The van der Waals surface area contributed by atoms with Crippen LogP contribution >= 0.6 is 0 Å². The van der Waals surface area contributed by atoms with Crippen molar-refractivity contribution in [3.8, 4) is 5.75 Å². The second-order valence-corrected chi connectivity index (χ2v) is 4.97. The molecule has 4 nitrogen and oxygen atoms in total. The molecular weight excluding hydrogens is 229 g/mol. The van der Waals surface area contributed by atoms with Crippen molar-refractivity contribution in [2.24, 2.45) is 5.92 Å². The zero-order valence-electron chi connectivity index (χ0n) is 11.0. The van der Waals surface area contributed by atoms with Gasteiger partial charge in [-0.15, -0.1) is 0 Å².